The largest absolute Gasteiger partial charge is 2.00 e. The van der Waals surface area contributed by atoms with Crippen LogP contribution in [0, 0.1) is 0 Å². The van der Waals surface area contributed by atoms with E-state index < -0.39 is 48.2 Å². The quantitative estimate of drug-likeness (QED) is 0.151. The van der Waals surface area contributed by atoms with Crippen LogP contribution >= 0.6 is 15.2 Å². The summed E-state index contributed by atoms with van der Waals surface area (Å²) in [5.41, 5.74) is 0.0135. The van der Waals surface area contributed by atoms with Crippen molar-refractivity contribution in [2.75, 3.05) is 0 Å². The zero-order chi connectivity index (χ0) is 39.8. The predicted molar refractivity (Wildman–Crippen MR) is 214 cm³/mol. The van der Waals surface area contributed by atoms with Crippen LogP contribution in [0.3, 0.4) is 0 Å². The van der Waals surface area contributed by atoms with Crippen molar-refractivity contribution < 1.29 is 38.9 Å². The number of phenolic OH excluding ortho intramolecular Hbond substituents is 2. The topological polar surface area (TPSA) is 167 Å². The summed E-state index contributed by atoms with van der Waals surface area (Å²) in [6.07, 6.45) is 0. The zero-order valence-corrected chi connectivity index (χ0v) is 44.6. The van der Waals surface area contributed by atoms with Gasteiger partial charge in [-0.05, 0) is 66.2 Å². The van der Waals surface area contributed by atoms with Gasteiger partial charge in [-0.3, -0.25) is 0 Å². The van der Waals surface area contributed by atoms with Crippen LogP contribution in [-0.2, 0) is 30.8 Å². The Morgan fingerprint density at radius 1 is 0.426 bits per heavy atom. The molecule has 2 N–H and O–H groups in total. The van der Waals surface area contributed by atoms with Crippen molar-refractivity contribution in [2.24, 2.45) is 0 Å². The van der Waals surface area contributed by atoms with E-state index in [4.69, 9.17) is 0 Å². The summed E-state index contributed by atoms with van der Waals surface area (Å²) >= 11 is 0. The number of aromatic hydroxyl groups is 2. The Morgan fingerprint density at radius 2 is 0.630 bits per heavy atom. The van der Waals surface area contributed by atoms with Crippen LogP contribution in [0.4, 0.5) is 0 Å². The minimum absolute atomic E-state index is 0. The predicted octanol–water partition coefficient (Wildman–Crippen LogP) is 7.22. The van der Waals surface area contributed by atoms with Gasteiger partial charge in [0.05, 0.1) is 0 Å². The van der Waals surface area contributed by atoms with E-state index in [0.29, 0.717) is 44.5 Å². The standard InChI is InChI=1S/2C21H29O4P.2Ba/c2*1-20(2,3)16-12-15(13-17(18(16)22)21(4,5)6)19(26(23,24)25)14-10-8-7-9-11-14;;/h2*7-13,19,22H,1-6H3,(H2,23,24,25);;/q;;2*+2/p-4. The fraction of sp³-hybridized carbons (Fsp3) is 0.429. The zero-order valence-electron chi connectivity index (χ0n) is 33.9. The molecule has 0 amide bonds. The van der Waals surface area contributed by atoms with Crippen molar-refractivity contribution in [1.29, 1.82) is 0 Å². The summed E-state index contributed by atoms with van der Waals surface area (Å²) in [7, 11) is -9.92. The van der Waals surface area contributed by atoms with E-state index in [0.717, 1.165) is 0 Å². The Bertz CT molecular complexity index is 1730. The van der Waals surface area contributed by atoms with Gasteiger partial charge in [-0.25, -0.2) is 0 Å². The van der Waals surface area contributed by atoms with Crippen LogP contribution in [-0.4, -0.2) is 108 Å². The minimum atomic E-state index is -4.96. The van der Waals surface area contributed by atoms with Crippen molar-refractivity contribution in [1.82, 2.24) is 0 Å². The molecule has 4 aromatic carbocycles. The third kappa shape index (κ3) is 13.5. The first-order chi connectivity index (χ1) is 23.5. The van der Waals surface area contributed by atoms with Crippen LogP contribution in [0.2, 0.25) is 0 Å². The van der Waals surface area contributed by atoms with E-state index in [-0.39, 0.29) is 109 Å². The molecule has 0 radical (unpaired) electrons. The first-order valence-corrected chi connectivity index (χ1v) is 20.6. The number of rotatable bonds is 6. The van der Waals surface area contributed by atoms with Gasteiger partial charge >= 0.3 is 97.8 Å². The second-order valence-corrected chi connectivity index (χ2v) is 20.8. The van der Waals surface area contributed by atoms with Crippen molar-refractivity contribution in [2.45, 2.75) is 116 Å². The van der Waals surface area contributed by atoms with Gasteiger partial charge in [0.1, 0.15) is 11.5 Å². The average Bonchev–Trinajstić information content (AvgIpc) is 2.96. The van der Waals surface area contributed by atoms with Gasteiger partial charge in [0.15, 0.2) is 0 Å². The van der Waals surface area contributed by atoms with Crippen molar-refractivity contribution in [3.63, 3.8) is 0 Å². The van der Waals surface area contributed by atoms with Crippen LogP contribution in [0.25, 0.3) is 0 Å². The summed E-state index contributed by atoms with van der Waals surface area (Å²) < 4.78 is 24.3. The van der Waals surface area contributed by atoms with Gasteiger partial charge in [-0.2, -0.15) is 0 Å². The molecule has 0 aliphatic rings. The Balaban J connectivity index is 0.000000521. The van der Waals surface area contributed by atoms with Crippen molar-refractivity contribution in [3.05, 3.63) is 129 Å². The minimum Gasteiger partial charge on any atom is -0.810 e. The van der Waals surface area contributed by atoms with Crippen LogP contribution in [0.5, 0.6) is 11.5 Å². The summed E-state index contributed by atoms with van der Waals surface area (Å²) in [5, 5.41) is 21.6. The molecule has 0 fully saturated rings. The number of hydrogen-bond donors (Lipinski definition) is 2. The molecule has 0 aromatic heterocycles. The third-order valence-corrected chi connectivity index (χ3v) is 11.4. The summed E-state index contributed by atoms with van der Waals surface area (Å²) in [6.45, 7) is 23.4. The van der Waals surface area contributed by atoms with Gasteiger partial charge in [0.2, 0.25) is 0 Å². The van der Waals surface area contributed by atoms with Gasteiger partial charge in [0, 0.05) is 11.3 Å². The summed E-state index contributed by atoms with van der Waals surface area (Å²) in [5.74, 6) is 0.319. The summed E-state index contributed by atoms with van der Waals surface area (Å²) in [6, 6.07) is 23.6. The molecular weight excluding hydrogens is 969 g/mol. The van der Waals surface area contributed by atoms with Gasteiger partial charge < -0.3 is 38.9 Å². The fourth-order valence-corrected chi connectivity index (χ4v) is 8.41. The molecule has 0 heterocycles. The van der Waals surface area contributed by atoms with Crippen molar-refractivity contribution >= 4 is 113 Å². The smallest absolute Gasteiger partial charge is 0.810 e. The molecule has 2 unspecified atom stereocenters. The van der Waals surface area contributed by atoms with Crippen LogP contribution in [0.15, 0.2) is 84.9 Å². The molecule has 0 spiro atoms. The second kappa shape index (κ2) is 19.3. The molecule has 0 bridgehead atoms. The molecule has 284 valence electrons. The first kappa shape index (κ1) is 51.9. The first-order valence-electron chi connectivity index (χ1n) is 17.3. The van der Waals surface area contributed by atoms with E-state index in [1.807, 2.05) is 83.1 Å². The SMILES string of the molecule is CC(C)(C)c1cc(C(c2ccccc2)P(=O)([O-])[O-])cc(C(C)(C)C)c1O.CC(C)(C)c1cc(C(c2ccccc2)P(=O)([O-])[O-])cc(C(C)(C)C)c1O.[Ba+2].[Ba+2]. The monoisotopic (exact) mass is 1020 g/mol. The molecule has 2 atom stereocenters. The number of hydrogen-bond acceptors (Lipinski definition) is 8. The molecule has 4 rings (SSSR count). The number of phenols is 2. The summed E-state index contributed by atoms with van der Waals surface area (Å²) in [4.78, 5) is 48.6. The Morgan fingerprint density at radius 3 is 0.796 bits per heavy atom. The Hall–Kier alpha value is -0.0771. The normalized spacial score (nSPS) is 13.8. The maximum Gasteiger partial charge on any atom is 2.00 e. The maximum absolute atomic E-state index is 12.1. The van der Waals surface area contributed by atoms with E-state index in [2.05, 4.69) is 0 Å². The van der Waals surface area contributed by atoms with Gasteiger partial charge in [0.25, 0.3) is 0 Å². The molecule has 4 aromatic rings. The molecule has 54 heavy (non-hydrogen) atoms. The number of benzene rings is 4. The molecular formula is C42H54Ba2O8P2. The van der Waals surface area contributed by atoms with Crippen molar-refractivity contribution in [3.8, 4) is 11.5 Å². The molecule has 0 saturated heterocycles. The van der Waals surface area contributed by atoms with E-state index in [1.165, 1.54) is 0 Å². The van der Waals surface area contributed by atoms with Gasteiger partial charge in [-0.15, -0.1) is 0 Å². The van der Waals surface area contributed by atoms with E-state index in [9.17, 15) is 38.9 Å². The molecule has 12 heteroatoms. The molecule has 0 aliphatic carbocycles. The molecule has 0 saturated carbocycles. The maximum atomic E-state index is 12.1. The van der Waals surface area contributed by atoms with E-state index >= 15 is 0 Å². The molecule has 8 nitrogen and oxygen atoms in total. The average molecular weight is 1020 g/mol. The second-order valence-electron chi connectivity index (χ2n) is 17.6. The van der Waals surface area contributed by atoms with Crippen LogP contribution in [0.1, 0.15) is 139 Å². The van der Waals surface area contributed by atoms with E-state index in [1.54, 1.807) is 84.9 Å². The fourth-order valence-electron chi connectivity index (χ4n) is 6.30. The van der Waals surface area contributed by atoms with Crippen LogP contribution < -0.4 is 19.6 Å². The third-order valence-electron chi connectivity index (χ3n) is 8.99. The molecule has 0 aliphatic heterocycles. The Kier molecular flexibility index (Phi) is 18.6. The Labute approximate surface area is 403 Å². The van der Waals surface area contributed by atoms with Gasteiger partial charge in [-0.1, -0.05) is 183 Å².